The zero-order valence-electron chi connectivity index (χ0n) is 15.1. The van der Waals surface area contributed by atoms with E-state index in [1.807, 2.05) is 49.4 Å². The highest BCUT2D eigenvalue weighted by molar-refractivity contribution is 5.98. The Hall–Kier alpha value is -2.68. The van der Waals surface area contributed by atoms with Crippen molar-refractivity contribution in [1.29, 1.82) is 0 Å². The molecule has 2 aliphatic rings. The first-order valence-electron chi connectivity index (χ1n) is 9.04. The molecule has 8 nitrogen and oxygen atoms in total. The minimum Gasteiger partial charge on any atom is -0.465 e. The number of furan rings is 1. The highest BCUT2D eigenvalue weighted by atomic mass is 16.3. The third-order valence-electron chi connectivity index (χ3n) is 4.86. The van der Waals surface area contributed by atoms with Crippen LogP contribution in [-0.4, -0.2) is 35.8 Å². The minimum atomic E-state index is -0.408. The molecule has 27 heavy (non-hydrogen) atoms. The summed E-state index contributed by atoms with van der Waals surface area (Å²) in [5.41, 5.74) is 0.921. The average molecular weight is 369 g/mol. The zero-order valence-corrected chi connectivity index (χ0v) is 15.1. The summed E-state index contributed by atoms with van der Waals surface area (Å²) in [4.78, 5) is 26.5. The van der Waals surface area contributed by atoms with Crippen molar-refractivity contribution in [2.75, 3.05) is 6.54 Å². The molecule has 1 aromatic heterocycles. The van der Waals surface area contributed by atoms with Gasteiger partial charge in [0.2, 0.25) is 5.91 Å². The average Bonchev–Trinajstić information content (AvgIpc) is 3.09. The molecule has 3 heterocycles. The first kappa shape index (κ1) is 17.7. The molecule has 8 heteroatoms. The van der Waals surface area contributed by atoms with Crippen molar-refractivity contribution < 1.29 is 14.0 Å². The molecular formula is C19H23N5O3. The zero-order chi connectivity index (χ0) is 18.8. The van der Waals surface area contributed by atoms with Gasteiger partial charge in [-0.2, -0.15) is 0 Å². The number of nitrogens with zero attached hydrogens (tertiary/aromatic N) is 1. The van der Waals surface area contributed by atoms with E-state index in [0.29, 0.717) is 13.1 Å². The standard InChI is InChI=1S/C19H23N5O3/c1-12-7-8-14(27-12)9-20-18-21-10-15-16(22-18)23-19(26)24(17(15)25)11-13-5-3-2-4-6-13/h2-8,15-16,18,20-22H,9-11H2,1H3,(H,23,26). The van der Waals surface area contributed by atoms with Gasteiger partial charge in [0, 0.05) is 6.54 Å². The van der Waals surface area contributed by atoms with E-state index < -0.39 is 6.17 Å². The van der Waals surface area contributed by atoms with Gasteiger partial charge >= 0.3 is 6.03 Å². The van der Waals surface area contributed by atoms with Gasteiger partial charge in [-0.1, -0.05) is 30.3 Å². The summed E-state index contributed by atoms with van der Waals surface area (Å²) in [5.74, 6) is 1.17. The molecule has 0 aliphatic carbocycles. The largest absolute Gasteiger partial charge is 0.465 e. The van der Waals surface area contributed by atoms with Crippen LogP contribution >= 0.6 is 0 Å². The molecule has 2 fully saturated rings. The summed E-state index contributed by atoms with van der Waals surface area (Å²) in [5, 5.41) is 12.7. The Bertz CT molecular complexity index is 822. The second-order valence-corrected chi connectivity index (χ2v) is 6.84. The van der Waals surface area contributed by atoms with Crippen LogP contribution in [-0.2, 0) is 17.9 Å². The highest BCUT2D eigenvalue weighted by Gasteiger charge is 2.43. The Morgan fingerprint density at radius 1 is 1.19 bits per heavy atom. The molecule has 1 aromatic carbocycles. The van der Waals surface area contributed by atoms with Crippen LogP contribution in [0.4, 0.5) is 4.79 Å². The molecule has 142 valence electrons. The van der Waals surface area contributed by atoms with Crippen molar-refractivity contribution in [2.24, 2.45) is 5.92 Å². The SMILES string of the molecule is Cc1ccc(CNC2NCC3C(=O)N(Cc4ccccc4)C(=O)NC3N2)o1. The molecule has 0 radical (unpaired) electrons. The van der Waals surface area contributed by atoms with Crippen LogP contribution in [0.15, 0.2) is 46.9 Å². The molecule has 0 bridgehead atoms. The van der Waals surface area contributed by atoms with Gasteiger partial charge in [-0.3, -0.25) is 25.6 Å². The molecule has 4 N–H and O–H groups in total. The van der Waals surface area contributed by atoms with Crippen molar-refractivity contribution in [3.05, 3.63) is 59.5 Å². The Kier molecular flexibility index (Phi) is 4.93. The molecule has 2 saturated heterocycles. The van der Waals surface area contributed by atoms with E-state index in [9.17, 15) is 9.59 Å². The van der Waals surface area contributed by atoms with Crippen molar-refractivity contribution in [3.63, 3.8) is 0 Å². The summed E-state index contributed by atoms with van der Waals surface area (Å²) in [6, 6.07) is 13.0. The molecule has 3 atom stereocenters. The number of fused-ring (bicyclic) bond motifs is 1. The molecule has 0 saturated carbocycles. The van der Waals surface area contributed by atoms with Crippen LogP contribution < -0.4 is 21.3 Å². The molecule has 2 aromatic rings. The maximum absolute atomic E-state index is 12.8. The topological polar surface area (TPSA) is 98.6 Å². The van der Waals surface area contributed by atoms with E-state index in [2.05, 4.69) is 21.3 Å². The van der Waals surface area contributed by atoms with Crippen molar-refractivity contribution in [2.45, 2.75) is 32.5 Å². The number of urea groups is 1. The number of rotatable bonds is 5. The Morgan fingerprint density at radius 3 is 2.74 bits per heavy atom. The lowest BCUT2D eigenvalue weighted by Crippen LogP contribution is -2.74. The molecule has 0 spiro atoms. The van der Waals surface area contributed by atoms with Crippen LogP contribution in [0.5, 0.6) is 0 Å². The molecule has 3 unspecified atom stereocenters. The lowest BCUT2D eigenvalue weighted by atomic mass is 9.99. The number of carbonyl (C=O) groups is 2. The van der Waals surface area contributed by atoms with Crippen LogP contribution in [0, 0.1) is 12.8 Å². The molecule has 4 rings (SSSR count). The fourth-order valence-corrected chi connectivity index (χ4v) is 3.43. The fourth-order valence-electron chi connectivity index (χ4n) is 3.43. The summed E-state index contributed by atoms with van der Waals surface area (Å²) in [7, 11) is 0. The van der Waals surface area contributed by atoms with E-state index in [0.717, 1.165) is 17.1 Å². The number of benzene rings is 1. The first-order valence-corrected chi connectivity index (χ1v) is 9.04. The highest BCUT2D eigenvalue weighted by Crippen LogP contribution is 2.18. The lowest BCUT2D eigenvalue weighted by molar-refractivity contribution is -0.137. The lowest BCUT2D eigenvalue weighted by Gasteiger charge is -2.43. The third-order valence-corrected chi connectivity index (χ3v) is 4.86. The van der Waals surface area contributed by atoms with Gasteiger partial charge < -0.3 is 9.73 Å². The van der Waals surface area contributed by atoms with E-state index in [1.54, 1.807) is 0 Å². The summed E-state index contributed by atoms with van der Waals surface area (Å²) in [6.07, 6.45) is -0.639. The maximum Gasteiger partial charge on any atom is 0.325 e. The minimum absolute atomic E-state index is 0.173. The second kappa shape index (κ2) is 7.51. The van der Waals surface area contributed by atoms with E-state index in [-0.39, 0.29) is 30.7 Å². The second-order valence-electron chi connectivity index (χ2n) is 6.84. The number of nitrogens with one attached hydrogen (secondary N) is 4. The quantitative estimate of drug-likeness (QED) is 0.624. The number of aryl methyl sites for hydroxylation is 1. The van der Waals surface area contributed by atoms with Gasteiger partial charge in [0.15, 0.2) is 0 Å². The monoisotopic (exact) mass is 369 g/mol. The van der Waals surface area contributed by atoms with E-state index in [1.165, 1.54) is 4.90 Å². The van der Waals surface area contributed by atoms with Crippen molar-refractivity contribution in [1.82, 2.24) is 26.2 Å². The smallest absolute Gasteiger partial charge is 0.325 e. The Balaban J connectivity index is 1.36. The maximum atomic E-state index is 12.8. The Labute approximate surface area is 157 Å². The first-order chi connectivity index (χ1) is 13.1. The number of hydrogen-bond donors (Lipinski definition) is 4. The molecule has 2 aliphatic heterocycles. The van der Waals surface area contributed by atoms with Crippen molar-refractivity contribution in [3.8, 4) is 0 Å². The summed E-state index contributed by atoms with van der Waals surface area (Å²) >= 11 is 0. The van der Waals surface area contributed by atoms with E-state index >= 15 is 0 Å². The summed E-state index contributed by atoms with van der Waals surface area (Å²) in [6.45, 7) is 3.18. The normalized spacial score (nSPS) is 25.2. The van der Waals surface area contributed by atoms with Gasteiger partial charge in [0.25, 0.3) is 0 Å². The van der Waals surface area contributed by atoms with Crippen LogP contribution in [0.3, 0.4) is 0 Å². The molecular weight excluding hydrogens is 346 g/mol. The van der Waals surface area contributed by atoms with Gasteiger partial charge in [-0.05, 0) is 24.6 Å². The Morgan fingerprint density at radius 2 is 2.00 bits per heavy atom. The van der Waals surface area contributed by atoms with Crippen LogP contribution in [0.1, 0.15) is 17.1 Å². The molecule has 3 amide bonds. The van der Waals surface area contributed by atoms with Gasteiger partial charge in [-0.15, -0.1) is 0 Å². The van der Waals surface area contributed by atoms with Crippen LogP contribution in [0.2, 0.25) is 0 Å². The predicted octanol–water partition coefficient (Wildman–Crippen LogP) is 0.848. The third kappa shape index (κ3) is 3.87. The predicted molar refractivity (Wildman–Crippen MR) is 98.0 cm³/mol. The van der Waals surface area contributed by atoms with Crippen LogP contribution in [0.25, 0.3) is 0 Å². The fraction of sp³-hybridized carbons (Fsp3) is 0.368. The van der Waals surface area contributed by atoms with Gasteiger partial charge in [0.1, 0.15) is 17.8 Å². The van der Waals surface area contributed by atoms with E-state index in [4.69, 9.17) is 4.42 Å². The summed E-state index contributed by atoms with van der Waals surface area (Å²) < 4.78 is 5.54. The van der Waals surface area contributed by atoms with Crippen molar-refractivity contribution >= 4 is 11.9 Å². The van der Waals surface area contributed by atoms with Gasteiger partial charge in [0.05, 0.1) is 25.2 Å². The number of imide groups is 1. The number of amides is 3. The number of hydrogen-bond acceptors (Lipinski definition) is 6. The number of carbonyl (C=O) groups excluding carboxylic acids is 2. The van der Waals surface area contributed by atoms with Gasteiger partial charge in [-0.25, -0.2) is 4.79 Å².